The van der Waals surface area contributed by atoms with Gasteiger partial charge in [0.2, 0.25) is 0 Å². The number of pyridine rings is 1. The van der Waals surface area contributed by atoms with Gasteiger partial charge in [-0.2, -0.15) is 5.26 Å². The summed E-state index contributed by atoms with van der Waals surface area (Å²) in [6.07, 6.45) is 0.956. The summed E-state index contributed by atoms with van der Waals surface area (Å²) >= 11 is 0. The molecule has 0 unspecified atom stereocenters. The largest absolute Gasteiger partial charge is 0.242 e. The Kier molecular flexibility index (Phi) is 2.22. The van der Waals surface area contributed by atoms with E-state index in [9.17, 15) is 0 Å². The van der Waals surface area contributed by atoms with Crippen LogP contribution in [0.1, 0.15) is 23.9 Å². The normalized spacial score (nSPS) is 9.18. The van der Waals surface area contributed by atoms with Crippen LogP contribution in [0.25, 0.3) is 0 Å². The van der Waals surface area contributed by atoms with E-state index in [2.05, 4.69) is 11.9 Å². The number of hydrogen-bond donors (Lipinski definition) is 0. The average Bonchev–Trinajstić information content (AvgIpc) is 2.03. The maximum absolute atomic E-state index is 8.57. The van der Waals surface area contributed by atoms with E-state index in [-0.39, 0.29) is 0 Å². The van der Waals surface area contributed by atoms with Gasteiger partial charge in [0.1, 0.15) is 11.8 Å². The van der Waals surface area contributed by atoms with Crippen LogP contribution >= 0.6 is 0 Å². The fourth-order valence-electron chi connectivity index (χ4n) is 1.00. The van der Waals surface area contributed by atoms with E-state index in [0.717, 1.165) is 12.1 Å². The van der Waals surface area contributed by atoms with E-state index in [1.165, 1.54) is 5.56 Å². The van der Waals surface area contributed by atoms with Gasteiger partial charge in [0, 0.05) is 5.69 Å². The van der Waals surface area contributed by atoms with Gasteiger partial charge in [-0.3, -0.25) is 0 Å². The smallest absolute Gasteiger partial charge is 0.141 e. The second-order valence-corrected chi connectivity index (χ2v) is 2.47. The number of aromatic nitrogens is 1. The van der Waals surface area contributed by atoms with Gasteiger partial charge in [-0.25, -0.2) is 4.98 Å². The zero-order chi connectivity index (χ0) is 8.27. The van der Waals surface area contributed by atoms with E-state index in [4.69, 9.17) is 5.26 Å². The van der Waals surface area contributed by atoms with Crippen molar-refractivity contribution in [1.82, 2.24) is 4.98 Å². The standard InChI is InChI=1S/C9H10N2/c1-3-8-4-7(2)11-9(5-8)6-10/h4-5H,3H2,1-2H3. The Hall–Kier alpha value is -1.36. The van der Waals surface area contributed by atoms with Crippen molar-refractivity contribution in [2.24, 2.45) is 0 Å². The summed E-state index contributed by atoms with van der Waals surface area (Å²) < 4.78 is 0. The molecule has 0 saturated heterocycles. The molecular weight excluding hydrogens is 136 g/mol. The maximum Gasteiger partial charge on any atom is 0.141 e. The van der Waals surface area contributed by atoms with Crippen LogP contribution in [0.15, 0.2) is 12.1 Å². The minimum absolute atomic E-state index is 0.516. The van der Waals surface area contributed by atoms with Crippen LogP contribution in [-0.4, -0.2) is 4.98 Å². The summed E-state index contributed by atoms with van der Waals surface area (Å²) in [5, 5.41) is 8.57. The molecule has 0 amide bonds. The highest BCUT2D eigenvalue weighted by atomic mass is 14.7. The SMILES string of the molecule is CCc1cc(C)nc(C#N)c1. The second-order valence-electron chi connectivity index (χ2n) is 2.47. The molecule has 0 aliphatic carbocycles. The van der Waals surface area contributed by atoms with Crippen molar-refractivity contribution >= 4 is 0 Å². The summed E-state index contributed by atoms with van der Waals surface area (Å²) in [6.45, 7) is 3.97. The molecule has 11 heavy (non-hydrogen) atoms. The van der Waals surface area contributed by atoms with Crippen LogP contribution in [0, 0.1) is 18.3 Å². The lowest BCUT2D eigenvalue weighted by Crippen LogP contribution is -1.90. The van der Waals surface area contributed by atoms with Crippen molar-refractivity contribution in [2.45, 2.75) is 20.3 Å². The summed E-state index contributed by atoms with van der Waals surface area (Å²) in [4.78, 5) is 4.04. The van der Waals surface area contributed by atoms with Crippen molar-refractivity contribution in [2.75, 3.05) is 0 Å². The molecular formula is C9H10N2. The molecule has 1 rings (SSSR count). The Labute approximate surface area is 66.5 Å². The monoisotopic (exact) mass is 146 g/mol. The molecule has 0 aromatic carbocycles. The minimum Gasteiger partial charge on any atom is -0.242 e. The molecule has 0 atom stereocenters. The van der Waals surface area contributed by atoms with Crippen molar-refractivity contribution in [3.63, 3.8) is 0 Å². The van der Waals surface area contributed by atoms with E-state index in [0.29, 0.717) is 5.69 Å². The van der Waals surface area contributed by atoms with E-state index in [1.54, 1.807) is 0 Å². The van der Waals surface area contributed by atoms with Crippen molar-refractivity contribution in [3.05, 3.63) is 29.1 Å². The molecule has 0 spiro atoms. The van der Waals surface area contributed by atoms with Crippen LogP contribution in [-0.2, 0) is 6.42 Å². The molecule has 0 bridgehead atoms. The molecule has 2 nitrogen and oxygen atoms in total. The lowest BCUT2D eigenvalue weighted by atomic mass is 10.1. The molecule has 1 aromatic rings. The molecule has 0 radical (unpaired) electrons. The highest BCUT2D eigenvalue weighted by molar-refractivity contribution is 5.28. The third-order valence-electron chi connectivity index (χ3n) is 1.54. The summed E-state index contributed by atoms with van der Waals surface area (Å²) in [5.74, 6) is 0. The van der Waals surface area contributed by atoms with E-state index >= 15 is 0 Å². The zero-order valence-electron chi connectivity index (χ0n) is 6.76. The van der Waals surface area contributed by atoms with E-state index in [1.807, 2.05) is 25.1 Å². The molecule has 0 saturated carbocycles. The van der Waals surface area contributed by atoms with Crippen molar-refractivity contribution in [3.8, 4) is 6.07 Å². The Bertz CT molecular complexity index is 297. The number of nitriles is 1. The Balaban J connectivity index is 3.15. The Morgan fingerprint density at radius 3 is 2.82 bits per heavy atom. The van der Waals surface area contributed by atoms with Gasteiger partial charge in [0.25, 0.3) is 0 Å². The first-order chi connectivity index (χ1) is 5.26. The Morgan fingerprint density at radius 2 is 2.27 bits per heavy atom. The topological polar surface area (TPSA) is 36.7 Å². The predicted octanol–water partition coefficient (Wildman–Crippen LogP) is 1.82. The summed E-state index contributed by atoms with van der Waals surface area (Å²) in [7, 11) is 0. The van der Waals surface area contributed by atoms with Gasteiger partial charge < -0.3 is 0 Å². The number of hydrogen-bond acceptors (Lipinski definition) is 2. The van der Waals surface area contributed by atoms with Crippen LogP contribution in [0.4, 0.5) is 0 Å². The maximum atomic E-state index is 8.57. The molecule has 0 aliphatic rings. The van der Waals surface area contributed by atoms with Gasteiger partial charge in [0.15, 0.2) is 0 Å². The van der Waals surface area contributed by atoms with Crippen LogP contribution in [0.3, 0.4) is 0 Å². The van der Waals surface area contributed by atoms with Gasteiger partial charge in [-0.1, -0.05) is 6.92 Å². The molecule has 0 N–H and O–H groups in total. The molecule has 56 valence electrons. The van der Waals surface area contributed by atoms with Gasteiger partial charge in [-0.05, 0) is 31.0 Å². The first-order valence-electron chi connectivity index (χ1n) is 3.64. The predicted molar refractivity (Wildman–Crippen MR) is 43.1 cm³/mol. The highest BCUT2D eigenvalue weighted by Gasteiger charge is 1.96. The molecule has 2 heteroatoms. The van der Waals surface area contributed by atoms with Gasteiger partial charge in [0.05, 0.1) is 0 Å². The average molecular weight is 146 g/mol. The summed E-state index contributed by atoms with van der Waals surface area (Å²) in [5.41, 5.74) is 2.61. The second kappa shape index (κ2) is 3.16. The molecule has 1 aromatic heterocycles. The van der Waals surface area contributed by atoms with Crippen LogP contribution < -0.4 is 0 Å². The zero-order valence-corrected chi connectivity index (χ0v) is 6.76. The molecule has 0 fully saturated rings. The number of aryl methyl sites for hydroxylation is 2. The third-order valence-corrected chi connectivity index (χ3v) is 1.54. The Morgan fingerprint density at radius 1 is 1.55 bits per heavy atom. The highest BCUT2D eigenvalue weighted by Crippen LogP contribution is 2.04. The number of rotatable bonds is 1. The van der Waals surface area contributed by atoms with Crippen LogP contribution in [0.5, 0.6) is 0 Å². The first kappa shape index (κ1) is 7.74. The minimum atomic E-state index is 0.516. The fraction of sp³-hybridized carbons (Fsp3) is 0.333. The lowest BCUT2D eigenvalue weighted by Gasteiger charge is -1.97. The summed E-state index contributed by atoms with van der Waals surface area (Å²) in [6, 6.07) is 5.86. The van der Waals surface area contributed by atoms with Crippen molar-refractivity contribution in [1.29, 1.82) is 5.26 Å². The first-order valence-corrected chi connectivity index (χ1v) is 3.64. The van der Waals surface area contributed by atoms with E-state index < -0.39 is 0 Å². The molecule has 1 heterocycles. The van der Waals surface area contributed by atoms with Gasteiger partial charge >= 0.3 is 0 Å². The lowest BCUT2D eigenvalue weighted by molar-refractivity contribution is 1.07. The van der Waals surface area contributed by atoms with Crippen LogP contribution in [0.2, 0.25) is 0 Å². The fourth-order valence-corrected chi connectivity index (χ4v) is 1.00. The third kappa shape index (κ3) is 1.78. The number of nitrogens with zero attached hydrogens (tertiary/aromatic N) is 2. The quantitative estimate of drug-likeness (QED) is 0.606. The van der Waals surface area contributed by atoms with Gasteiger partial charge in [-0.15, -0.1) is 0 Å². The molecule has 0 aliphatic heterocycles. The van der Waals surface area contributed by atoms with Crippen molar-refractivity contribution < 1.29 is 0 Å².